The van der Waals surface area contributed by atoms with E-state index in [2.05, 4.69) is 22.1 Å². The van der Waals surface area contributed by atoms with Crippen LogP contribution in [0.15, 0.2) is 41.8 Å². The molecule has 0 fully saturated rings. The maximum atomic E-state index is 12.1. The average molecular weight is 383 g/mol. The summed E-state index contributed by atoms with van der Waals surface area (Å²) in [6, 6.07) is 10.3. The second-order valence-corrected chi connectivity index (χ2v) is 7.64. The van der Waals surface area contributed by atoms with Crippen LogP contribution in [-0.4, -0.2) is 30.2 Å². The summed E-state index contributed by atoms with van der Waals surface area (Å²) < 4.78 is 0. The van der Waals surface area contributed by atoms with Crippen LogP contribution in [0.1, 0.15) is 22.2 Å². The Morgan fingerprint density at radius 3 is 2.75 bits per heavy atom. The fraction of sp³-hybridized carbons (Fsp3) is 0.294. The molecule has 2 aromatic rings. The van der Waals surface area contributed by atoms with Crippen molar-refractivity contribution >= 4 is 46.5 Å². The highest BCUT2D eigenvalue weighted by Gasteiger charge is 2.17. The van der Waals surface area contributed by atoms with Gasteiger partial charge < -0.3 is 10.6 Å². The Labute approximate surface area is 155 Å². The number of rotatable bonds is 8. The van der Waals surface area contributed by atoms with Crippen LogP contribution in [0, 0.1) is 0 Å². The van der Waals surface area contributed by atoms with Gasteiger partial charge in [-0.05, 0) is 30.5 Å². The Morgan fingerprint density at radius 1 is 1.25 bits per heavy atom. The molecule has 1 aromatic carbocycles. The molecule has 24 heavy (non-hydrogen) atoms. The molecule has 0 aliphatic rings. The van der Waals surface area contributed by atoms with Crippen molar-refractivity contribution in [3.8, 4) is 0 Å². The normalized spacial score (nSPS) is 11.8. The lowest BCUT2D eigenvalue weighted by Gasteiger charge is -2.14. The Bertz CT molecular complexity index is 677. The molecule has 0 radical (unpaired) electrons. The molecular weight excluding hydrogens is 364 g/mol. The zero-order valence-corrected chi connectivity index (χ0v) is 15.6. The van der Waals surface area contributed by atoms with Crippen molar-refractivity contribution in [3.05, 3.63) is 57.2 Å². The van der Waals surface area contributed by atoms with E-state index < -0.39 is 6.04 Å². The van der Waals surface area contributed by atoms with E-state index in [0.717, 1.165) is 11.5 Å². The average Bonchev–Trinajstić information content (AvgIpc) is 3.08. The largest absolute Gasteiger partial charge is 0.353 e. The maximum Gasteiger partial charge on any atom is 0.253 e. The molecule has 2 N–H and O–H groups in total. The summed E-state index contributed by atoms with van der Waals surface area (Å²) in [6.07, 6.45) is 0. The topological polar surface area (TPSA) is 58.2 Å². The van der Waals surface area contributed by atoms with Crippen LogP contribution in [0.4, 0.5) is 0 Å². The fourth-order valence-electron chi connectivity index (χ4n) is 1.95. The van der Waals surface area contributed by atoms with E-state index in [0.29, 0.717) is 17.1 Å². The van der Waals surface area contributed by atoms with Gasteiger partial charge in [0.05, 0.1) is 10.6 Å². The number of nitrogens with one attached hydrogen (secondary N) is 2. The van der Waals surface area contributed by atoms with Gasteiger partial charge in [0.2, 0.25) is 5.91 Å². The zero-order chi connectivity index (χ0) is 17.4. The second kappa shape index (κ2) is 9.71. The van der Waals surface area contributed by atoms with Crippen LogP contribution in [0.2, 0.25) is 5.02 Å². The summed E-state index contributed by atoms with van der Waals surface area (Å²) >= 11 is 9.48. The first-order valence-corrected chi connectivity index (χ1v) is 9.92. The van der Waals surface area contributed by atoms with Gasteiger partial charge in [-0.2, -0.15) is 11.8 Å². The summed E-state index contributed by atoms with van der Waals surface area (Å²) in [4.78, 5) is 25.5. The van der Waals surface area contributed by atoms with Crippen molar-refractivity contribution < 1.29 is 9.59 Å². The Hall–Kier alpha value is -1.50. The molecule has 0 aliphatic heterocycles. The van der Waals surface area contributed by atoms with E-state index in [9.17, 15) is 9.59 Å². The molecule has 2 amide bonds. The molecule has 128 valence electrons. The Kier molecular flexibility index (Phi) is 7.62. The monoisotopic (exact) mass is 382 g/mol. The first-order chi connectivity index (χ1) is 11.6. The molecule has 1 atom stereocenters. The van der Waals surface area contributed by atoms with Gasteiger partial charge in [-0.1, -0.05) is 29.8 Å². The summed E-state index contributed by atoms with van der Waals surface area (Å²) in [6.45, 7) is 2.23. The fourth-order valence-corrected chi connectivity index (χ4v) is 3.87. The van der Waals surface area contributed by atoms with E-state index in [1.165, 1.54) is 4.88 Å². The van der Waals surface area contributed by atoms with Gasteiger partial charge >= 0.3 is 0 Å². The van der Waals surface area contributed by atoms with Crippen LogP contribution in [-0.2, 0) is 10.5 Å². The SMILES string of the molecule is C[C@H](NC(=O)c1ccccc1Cl)C(=O)NCCSCc1cccs1. The predicted molar refractivity (Wildman–Crippen MR) is 102 cm³/mol. The number of halogens is 1. The van der Waals surface area contributed by atoms with Crippen molar-refractivity contribution in [2.75, 3.05) is 12.3 Å². The summed E-state index contributed by atoms with van der Waals surface area (Å²) in [7, 11) is 0. The van der Waals surface area contributed by atoms with Gasteiger partial charge in [0.15, 0.2) is 0 Å². The molecule has 0 aliphatic carbocycles. The number of thioether (sulfide) groups is 1. The standard InChI is InChI=1S/C17H19ClN2O2S2/c1-12(20-17(22)14-6-2-3-7-15(14)18)16(21)19-8-10-23-11-13-5-4-9-24-13/h2-7,9,12H,8,10-11H2,1H3,(H,19,21)(H,20,22)/t12-/m0/s1. The maximum absolute atomic E-state index is 12.1. The minimum atomic E-state index is -0.615. The lowest BCUT2D eigenvalue weighted by atomic mass is 10.2. The van der Waals surface area contributed by atoms with Gasteiger partial charge in [-0.3, -0.25) is 9.59 Å². The Morgan fingerprint density at radius 2 is 2.04 bits per heavy atom. The summed E-state index contributed by atoms with van der Waals surface area (Å²) in [5, 5.41) is 7.91. The minimum Gasteiger partial charge on any atom is -0.353 e. The molecule has 0 bridgehead atoms. The highest BCUT2D eigenvalue weighted by Crippen LogP contribution is 2.16. The van der Waals surface area contributed by atoms with Crippen molar-refractivity contribution in [1.29, 1.82) is 0 Å². The van der Waals surface area contributed by atoms with Gasteiger partial charge in [0.25, 0.3) is 5.91 Å². The van der Waals surface area contributed by atoms with E-state index in [1.807, 2.05) is 6.07 Å². The molecule has 0 saturated carbocycles. The molecule has 0 spiro atoms. The van der Waals surface area contributed by atoms with Gasteiger partial charge in [-0.15, -0.1) is 11.3 Å². The number of thiophene rings is 1. The number of carbonyl (C=O) groups is 2. The van der Waals surface area contributed by atoms with Crippen LogP contribution >= 0.6 is 34.7 Å². The van der Waals surface area contributed by atoms with Crippen LogP contribution in [0.3, 0.4) is 0 Å². The molecular formula is C17H19ClN2O2S2. The van der Waals surface area contributed by atoms with Crippen LogP contribution in [0.25, 0.3) is 0 Å². The van der Waals surface area contributed by atoms with Gasteiger partial charge in [-0.25, -0.2) is 0 Å². The van der Waals surface area contributed by atoms with E-state index >= 15 is 0 Å². The zero-order valence-electron chi connectivity index (χ0n) is 13.3. The van der Waals surface area contributed by atoms with Gasteiger partial charge in [0.1, 0.15) is 6.04 Å². The van der Waals surface area contributed by atoms with Crippen molar-refractivity contribution in [2.45, 2.75) is 18.7 Å². The third-order valence-corrected chi connectivity index (χ3v) is 5.63. The molecule has 4 nitrogen and oxygen atoms in total. The Balaban J connectivity index is 1.68. The second-order valence-electron chi connectivity index (χ2n) is 5.10. The van der Waals surface area contributed by atoms with Crippen molar-refractivity contribution in [3.63, 3.8) is 0 Å². The third-order valence-electron chi connectivity index (χ3n) is 3.23. The van der Waals surface area contributed by atoms with Gasteiger partial charge in [0, 0.05) is 22.9 Å². The summed E-state index contributed by atoms with van der Waals surface area (Å²) in [5.41, 5.74) is 0.366. The number of benzene rings is 1. The number of amides is 2. The molecule has 2 rings (SSSR count). The molecule has 1 heterocycles. The number of hydrogen-bond donors (Lipinski definition) is 2. The van der Waals surface area contributed by atoms with E-state index in [1.54, 1.807) is 54.3 Å². The molecule has 0 saturated heterocycles. The smallest absolute Gasteiger partial charge is 0.253 e. The lowest BCUT2D eigenvalue weighted by Crippen LogP contribution is -2.45. The third kappa shape index (κ3) is 5.85. The predicted octanol–water partition coefficient (Wildman–Crippen LogP) is 3.57. The minimum absolute atomic E-state index is 0.202. The quantitative estimate of drug-likeness (QED) is 0.686. The highest BCUT2D eigenvalue weighted by molar-refractivity contribution is 7.98. The van der Waals surface area contributed by atoms with Crippen molar-refractivity contribution in [1.82, 2.24) is 10.6 Å². The highest BCUT2D eigenvalue weighted by atomic mass is 35.5. The summed E-state index contributed by atoms with van der Waals surface area (Å²) in [5.74, 6) is 1.23. The van der Waals surface area contributed by atoms with Crippen LogP contribution < -0.4 is 10.6 Å². The first-order valence-electron chi connectivity index (χ1n) is 7.51. The molecule has 7 heteroatoms. The number of hydrogen-bond acceptors (Lipinski definition) is 4. The van der Waals surface area contributed by atoms with E-state index in [4.69, 9.17) is 11.6 Å². The lowest BCUT2D eigenvalue weighted by molar-refractivity contribution is -0.122. The van der Waals surface area contributed by atoms with Crippen LogP contribution in [0.5, 0.6) is 0 Å². The molecule has 1 aromatic heterocycles. The number of carbonyl (C=O) groups excluding carboxylic acids is 2. The van der Waals surface area contributed by atoms with E-state index in [-0.39, 0.29) is 11.8 Å². The van der Waals surface area contributed by atoms with Crippen molar-refractivity contribution in [2.24, 2.45) is 0 Å². The first kappa shape index (κ1) is 18.8. The molecule has 0 unspecified atom stereocenters.